The Kier molecular flexibility index (Phi) is 6.87. The van der Waals surface area contributed by atoms with E-state index >= 15 is 0 Å². The van der Waals surface area contributed by atoms with Crippen molar-refractivity contribution in [1.29, 1.82) is 0 Å². The summed E-state index contributed by atoms with van der Waals surface area (Å²) in [7, 11) is 0. The number of amides is 1. The van der Waals surface area contributed by atoms with Gasteiger partial charge in [-0.1, -0.05) is 72.4 Å². The van der Waals surface area contributed by atoms with E-state index in [2.05, 4.69) is 46.3 Å². The van der Waals surface area contributed by atoms with Gasteiger partial charge in [-0.05, 0) is 18.1 Å². The average Bonchev–Trinajstić information content (AvgIpc) is 3.13. The third-order valence-corrected chi connectivity index (χ3v) is 6.34. The van der Waals surface area contributed by atoms with Gasteiger partial charge in [-0.25, -0.2) is 4.98 Å². The van der Waals surface area contributed by atoms with Crippen molar-refractivity contribution in [3.8, 4) is 0 Å². The number of imidazole rings is 1. The van der Waals surface area contributed by atoms with Gasteiger partial charge in [0.15, 0.2) is 5.16 Å². The first kappa shape index (κ1) is 20.7. The Morgan fingerprint density at radius 1 is 0.967 bits per heavy atom. The van der Waals surface area contributed by atoms with Gasteiger partial charge >= 0.3 is 0 Å². The summed E-state index contributed by atoms with van der Waals surface area (Å²) in [5, 5.41) is 0.828. The van der Waals surface area contributed by atoms with Crippen LogP contribution in [0.15, 0.2) is 65.8 Å². The average molecular weight is 421 g/mol. The molecule has 2 heterocycles. The number of hydrogen-bond donors (Lipinski definition) is 1. The van der Waals surface area contributed by atoms with E-state index in [-0.39, 0.29) is 5.91 Å². The second-order valence-electron chi connectivity index (χ2n) is 7.71. The maximum atomic E-state index is 12.7. The molecular formula is C24H28N4OS. The normalized spacial score (nSPS) is 14.8. The number of benzene rings is 2. The van der Waals surface area contributed by atoms with Gasteiger partial charge in [-0.3, -0.25) is 9.69 Å². The lowest BCUT2D eigenvalue weighted by atomic mass is 10.1. The van der Waals surface area contributed by atoms with E-state index in [0.29, 0.717) is 5.75 Å². The maximum absolute atomic E-state index is 12.7. The molecule has 156 valence electrons. The summed E-state index contributed by atoms with van der Waals surface area (Å²) < 4.78 is 0. The highest BCUT2D eigenvalue weighted by molar-refractivity contribution is 7.99. The molecule has 1 N–H and O–H groups in total. The first-order chi connectivity index (χ1) is 14.7. The Balaban J connectivity index is 1.24. The number of aryl methyl sites for hydroxylation is 1. The molecule has 1 aromatic heterocycles. The zero-order valence-corrected chi connectivity index (χ0v) is 18.2. The molecule has 1 saturated heterocycles. The number of nitrogens with one attached hydrogen (secondary N) is 1. The summed E-state index contributed by atoms with van der Waals surface area (Å²) in [6.07, 6.45) is 0.807. The van der Waals surface area contributed by atoms with Crippen molar-refractivity contribution in [3.63, 3.8) is 0 Å². The smallest absolute Gasteiger partial charge is 0.233 e. The van der Waals surface area contributed by atoms with Crippen molar-refractivity contribution >= 4 is 17.7 Å². The molecule has 1 aliphatic heterocycles. The SMILES string of the molecule is Cc1[nH]c(SCC(=O)N2CCN(Cc3ccccc3)CC2)nc1Cc1ccccc1. The van der Waals surface area contributed by atoms with Crippen LogP contribution < -0.4 is 0 Å². The van der Waals surface area contributed by atoms with E-state index in [1.807, 2.05) is 36.1 Å². The van der Waals surface area contributed by atoms with Crippen molar-refractivity contribution in [1.82, 2.24) is 19.8 Å². The molecule has 0 atom stereocenters. The van der Waals surface area contributed by atoms with Gasteiger partial charge in [0.2, 0.25) is 5.91 Å². The fourth-order valence-corrected chi connectivity index (χ4v) is 4.56. The minimum Gasteiger partial charge on any atom is -0.339 e. The van der Waals surface area contributed by atoms with Crippen molar-refractivity contribution in [3.05, 3.63) is 83.2 Å². The molecule has 6 heteroatoms. The molecule has 0 saturated carbocycles. The Morgan fingerprint density at radius 2 is 1.60 bits per heavy atom. The van der Waals surface area contributed by atoms with Gasteiger partial charge in [0.1, 0.15) is 0 Å². The number of H-pyrrole nitrogens is 1. The summed E-state index contributed by atoms with van der Waals surface area (Å²) >= 11 is 1.50. The maximum Gasteiger partial charge on any atom is 0.233 e. The fourth-order valence-electron chi connectivity index (χ4n) is 3.71. The Hall–Kier alpha value is -2.57. The number of nitrogens with zero attached hydrogens (tertiary/aromatic N) is 3. The van der Waals surface area contributed by atoms with Crippen LogP contribution in [-0.2, 0) is 17.8 Å². The topological polar surface area (TPSA) is 52.2 Å². The molecule has 1 amide bonds. The number of piperazine rings is 1. The largest absolute Gasteiger partial charge is 0.339 e. The van der Waals surface area contributed by atoms with Crippen LogP contribution in [0.25, 0.3) is 0 Å². The lowest BCUT2D eigenvalue weighted by molar-refractivity contribution is -0.130. The minimum absolute atomic E-state index is 0.193. The van der Waals surface area contributed by atoms with Crippen LogP contribution in [0.2, 0.25) is 0 Å². The van der Waals surface area contributed by atoms with Crippen LogP contribution in [0.3, 0.4) is 0 Å². The van der Waals surface area contributed by atoms with Gasteiger partial charge in [-0.2, -0.15) is 0 Å². The van der Waals surface area contributed by atoms with Crippen molar-refractivity contribution in [2.45, 2.75) is 25.0 Å². The molecule has 3 aromatic rings. The molecule has 0 unspecified atom stereocenters. The Labute approximate surface area is 182 Å². The highest BCUT2D eigenvalue weighted by atomic mass is 32.2. The fraction of sp³-hybridized carbons (Fsp3) is 0.333. The Bertz CT molecular complexity index is 950. The molecule has 2 aromatic carbocycles. The highest BCUT2D eigenvalue weighted by Crippen LogP contribution is 2.20. The first-order valence-electron chi connectivity index (χ1n) is 10.4. The van der Waals surface area contributed by atoms with Crippen LogP contribution in [0.5, 0.6) is 0 Å². The predicted molar refractivity (Wildman–Crippen MR) is 122 cm³/mol. The second kappa shape index (κ2) is 9.96. The molecule has 30 heavy (non-hydrogen) atoms. The van der Waals surface area contributed by atoms with Crippen LogP contribution in [-0.4, -0.2) is 57.6 Å². The third-order valence-electron chi connectivity index (χ3n) is 5.48. The first-order valence-corrected chi connectivity index (χ1v) is 11.4. The van der Waals surface area contributed by atoms with Gasteiger partial charge < -0.3 is 9.88 Å². The molecule has 0 spiro atoms. The quantitative estimate of drug-likeness (QED) is 0.592. The van der Waals surface area contributed by atoms with Crippen LogP contribution in [0.1, 0.15) is 22.5 Å². The third kappa shape index (κ3) is 5.52. The van der Waals surface area contributed by atoms with Crippen LogP contribution >= 0.6 is 11.8 Å². The molecule has 0 bridgehead atoms. The summed E-state index contributed by atoms with van der Waals surface area (Å²) in [6.45, 7) is 6.43. The van der Waals surface area contributed by atoms with Gasteiger partial charge in [0, 0.05) is 44.8 Å². The molecular weight excluding hydrogens is 392 g/mol. The number of thioether (sulfide) groups is 1. The van der Waals surface area contributed by atoms with E-state index in [9.17, 15) is 4.79 Å². The summed E-state index contributed by atoms with van der Waals surface area (Å²) in [5.41, 5.74) is 4.69. The number of carbonyl (C=O) groups excluding carboxylic acids is 1. The molecule has 1 aliphatic rings. The number of aromatic amines is 1. The lowest BCUT2D eigenvalue weighted by Gasteiger charge is -2.34. The van der Waals surface area contributed by atoms with E-state index in [4.69, 9.17) is 4.98 Å². The van der Waals surface area contributed by atoms with E-state index < -0.39 is 0 Å². The zero-order valence-electron chi connectivity index (χ0n) is 17.4. The van der Waals surface area contributed by atoms with E-state index in [0.717, 1.165) is 55.7 Å². The highest BCUT2D eigenvalue weighted by Gasteiger charge is 2.21. The number of rotatable bonds is 7. The molecule has 5 nitrogen and oxygen atoms in total. The zero-order chi connectivity index (χ0) is 20.8. The van der Waals surface area contributed by atoms with E-state index in [1.54, 1.807) is 0 Å². The molecule has 0 radical (unpaired) electrons. The minimum atomic E-state index is 0.193. The van der Waals surface area contributed by atoms with Crippen molar-refractivity contribution in [2.24, 2.45) is 0 Å². The van der Waals surface area contributed by atoms with Crippen LogP contribution in [0.4, 0.5) is 0 Å². The predicted octanol–water partition coefficient (Wildman–Crippen LogP) is 3.75. The molecule has 0 aliphatic carbocycles. The number of hydrogen-bond acceptors (Lipinski definition) is 4. The van der Waals surface area contributed by atoms with Crippen LogP contribution in [0, 0.1) is 6.92 Å². The molecule has 4 rings (SSSR count). The monoisotopic (exact) mass is 420 g/mol. The lowest BCUT2D eigenvalue weighted by Crippen LogP contribution is -2.48. The van der Waals surface area contributed by atoms with Gasteiger partial charge in [0.25, 0.3) is 0 Å². The standard InChI is InChI=1S/C24H28N4OS/c1-19-22(16-20-8-4-2-5-9-20)26-24(25-19)30-18-23(29)28-14-12-27(13-15-28)17-21-10-6-3-7-11-21/h2-11H,12-18H2,1H3,(H,25,26). The second-order valence-corrected chi connectivity index (χ2v) is 8.67. The van der Waals surface area contributed by atoms with Gasteiger partial charge in [0.05, 0.1) is 11.4 Å². The Morgan fingerprint density at radius 3 is 2.27 bits per heavy atom. The number of carbonyl (C=O) groups is 1. The van der Waals surface area contributed by atoms with Crippen molar-refractivity contribution < 1.29 is 4.79 Å². The van der Waals surface area contributed by atoms with E-state index in [1.165, 1.54) is 22.9 Å². The summed E-state index contributed by atoms with van der Waals surface area (Å²) in [4.78, 5) is 25.1. The summed E-state index contributed by atoms with van der Waals surface area (Å²) in [6, 6.07) is 20.9. The number of aromatic nitrogens is 2. The molecule has 1 fully saturated rings. The van der Waals surface area contributed by atoms with Gasteiger partial charge in [-0.15, -0.1) is 0 Å². The van der Waals surface area contributed by atoms with Crippen molar-refractivity contribution in [2.75, 3.05) is 31.9 Å². The summed E-state index contributed by atoms with van der Waals surface area (Å²) in [5.74, 6) is 0.620.